The Balaban J connectivity index is 1.83. The Morgan fingerprint density at radius 3 is 2.47 bits per heavy atom. The highest BCUT2D eigenvalue weighted by atomic mass is 35.5. The lowest BCUT2D eigenvalue weighted by Gasteiger charge is -2.22. The quantitative estimate of drug-likeness (QED) is 0.554. The Morgan fingerprint density at radius 2 is 1.77 bits per heavy atom. The van der Waals surface area contributed by atoms with E-state index in [-0.39, 0.29) is 5.15 Å². The summed E-state index contributed by atoms with van der Waals surface area (Å²) >= 11 is 6.52. The molecule has 0 N–H and O–H groups in total. The van der Waals surface area contributed by atoms with Crippen molar-refractivity contribution in [1.82, 2.24) is 9.40 Å². The maximum Gasteiger partial charge on any atom is 0.247 e. The number of aromatic nitrogens is 1. The molecule has 0 radical (unpaired) electrons. The smallest absolute Gasteiger partial charge is 0.247 e. The second-order valence-corrected chi connectivity index (χ2v) is 9.10. The Kier molecular flexibility index (Phi) is 5.29. The van der Waals surface area contributed by atoms with Crippen molar-refractivity contribution in [3.63, 3.8) is 0 Å². The summed E-state index contributed by atoms with van der Waals surface area (Å²) in [5.74, 6) is 1.22. The van der Waals surface area contributed by atoms with Gasteiger partial charge in [-0.2, -0.15) is 9.52 Å². The topological polar surface area (TPSA) is 81.1 Å². The van der Waals surface area contributed by atoms with E-state index in [1.807, 2.05) is 42.5 Å². The van der Waals surface area contributed by atoms with Gasteiger partial charge in [0.25, 0.3) is 0 Å². The van der Waals surface area contributed by atoms with Gasteiger partial charge < -0.3 is 9.47 Å². The number of fused-ring (bicyclic) bond motifs is 1. The Labute approximate surface area is 179 Å². The molecule has 1 atom stereocenters. The number of halogens is 1. The average Bonchev–Trinajstić information content (AvgIpc) is 3.18. The molecule has 1 aliphatic rings. The molecular weight excluding hydrogens is 426 g/mol. The molecule has 0 spiro atoms. The van der Waals surface area contributed by atoms with Gasteiger partial charge in [-0.3, -0.25) is 0 Å². The fraction of sp³-hybridized carbons (Fsp3) is 0.238. The van der Waals surface area contributed by atoms with Crippen molar-refractivity contribution in [2.75, 3.05) is 20.5 Å². The lowest BCUT2D eigenvalue weighted by atomic mass is 9.98. The van der Waals surface area contributed by atoms with E-state index in [4.69, 9.17) is 21.1 Å². The van der Waals surface area contributed by atoms with E-state index in [2.05, 4.69) is 10.1 Å². The van der Waals surface area contributed by atoms with E-state index in [1.165, 1.54) is 0 Å². The zero-order chi connectivity index (χ0) is 21.5. The minimum absolute atomic E-state index is 0.210. The third kappa shape index (κ3) is 3.57. The number of rotatable bonds is 5. The van der Waals surface area contributed by atoms with E-state index in [9.17, 15) is 8.42 Å². The molecule has 7 nitrogen and oxygen atoms in total. The standard InChI is InChI=1S/C21H20ClN3O4S/c1-28-18-9-5-4-8-14(18)16-12-17(25(24-16)30(3,26)27)15-11-13-7-6-10-19(29-2)20(13)23-21(15)22/h4-11,17H,12H2,1-3H3/t17-/m0/s1. The van der Waals surface area contributed by atoms with Gasteiger partial charge in [0.15, 0.2) is 0 Å². The molecular formula is C21H20ClN3O4S. The maximum absolute atomic E-state index is 12.5. The van der Waals surface area contributed by atoms with Crippen LogP contribution in [0, 0.1) is 0 Å². The molecule has 0 bridgehead atoms. The molecule has 0 amide bonds. The number of hydrazone groups is 1. The van der Waals surface area contributed by atoms with Crippen molar-refractivity contribution in [2.45, 2.75) is 12.5 Å². The summed E-state index contributed by atoms with van der Waals surface area (Å²) in [6.45, 7) is 0. The van der Waals surface area contributed by atoms with Crippen LogP contribution >= 0.6 is 11.6 Å². The minimum atomic E-state index is -3.65. The van der Waals surface area contributed by atoms with E-state index in [0.717, 1.165) is 21.6 Å². The molecule has 30 heavy (non-hydrogen) atoms. The number of ether oxygens (including phenoxy) is 2. The third-order valence-electron chi connectivity index (χ3n) is 5.00. The van der Waals surface area contributed by atoms with Crippen LogP contribution in [0.1, 0.15) is 23.6 Å². The largest absolute Gasteiger partial charge is 0.496 e. The highest BCUT2D eigenvalue weighted by Gasteiger charge is 2.37. The summed E-state index contributed by atoms with van der Waals surface area (Å²) in [6, 6.07) is 14.1. The number of methoxy groups -OCH3 is 2. The van der Waals surface area contributed by atoms with Crippen molar-refractivity contribution >= 4 is 38.2 Å². The number of hydrogen-bond donors (Lipinski definition) is 0. The van der Waals surface area contributed by atoms with Crippen LogP contribution in [-0.2, 0) is 10.0 Å². The lowest BCUT2D eigenvalue weighted by Crippen LogP contribution is -2.26. The van der Waals surface area contributed by atoms with Crippen LogP contribution < -0.4 is 9.47 Å². The van der Waals surface area contributed by atoms with Crippen LogP contribution in [0.4, 0.5) is 0 Å². The van der Waals surface area contributed by atoms with E-state index < -0.39 is 16.1 Å². The molecule has 2 aromatic carbocycles. The van der Waals surface area contributed by atoms with Crippen LogP contribution in [-0.4, -0.2) is 44.0 Å². The van der Waals surface area contributed by atoms with Crippen LogP contribution in [0.5, 0.6) is 11.5 Å². The van der Waals surface area contributed by atoms with Gasteiger partial charge in [-0.05, 0) is 24.3 Å². The van der Waals surface area contributed by atoms with Crippen LogP contribution in [0.3, 0.4) is 0 Å². The predicted octanol–water partition coefficient (Wildman–Crippen LogP) is 4.02. The van der Waals surface area contributed by atoms with Crippen molar-refractivity contribution in [3.05, 3.63) is 64.8 Å². The highest BCUT2D eigenvalue weighted by Crippen LogP contribution is 2.40. The molecule has 0 fully saturated rings. The summed E-state index contributed by atoms with van der Waals surface area (Å²) in [6.07, 6.45) is 1.46. The summed E-state index contributed by atoms with van der Waals surface area (Å²) in [4.78, 5) is 4.48. The molecule has 0 aliphatic carbocycles. The number of benzene rings is 2. The van der Waals surface area contributed by atoms with Gasteiger partial charge >= 0.3 is 0 Å². The van der Waals surface area contributed by atoms with Gasteiger partial charge in [-0.15, -0.1) is 0 Å². The molecule has 4 rings (SSSR count). The van der Waals surface area contributed by atoms with Crippen molar-refractivity contribution in [2.24, 2.45) is 5.10 Å². The third-order valence-corrected chi connectivity index (χ3v) is 6.32. The van der Waals surface area contributed by atoms with Crippen LogP contribution in [0.15, 0.2) is 53.6 Å². The van der Waals surface area contributed by atoms with Gasteiger partial charge in [-0.25, -0.2) is 13.4 Å². The first kappa shape index (κ1) is 20.4. The van der Waals surface area contributed by atoms with E-state index in [0.29, 0.717) is 34.7 Å². The van der Waals surface area contributed by atoms with Gasteiger partial charge in [0.2, 0.25) is 10.0 Å². The maximum atomic E-state index is 12.5. The SMILES string of the molecule is COc1ccccc1C1=NN(S(C)(=O)=O)[C@H](c2cc3cccc(OC)c3nc2Cl)C1. The number of nitrogens with zero attached hydrogens (tertiary/aromatic N) is 3. The van der Waals surface area contributed by atoms with Crippen molar-refractivity contribution in [3.8, 4) is 11.5 Å². The monoisotopic (exact) mass is 445 g/mol. The zero-order valence-corrected chi connectivity index (χ0v) is 18.2. The van der Waals surface area contributed by atoms with Gasteiger partial charge in [-0.1, -0.05) is 35.9 Å². The fourth-order valence-corrected chi connectivity index (χ4v) is 4.80. The van der Waals surface area contributed by atoms with Crippen molar-refractivity contribution < 1.29 is 17.9 Å². The first-order valence-electron chi connectivity index (χ1n) is 9.17. The average molecular weight is 446 g/mol. The van der Waals surface area contributed by atoms with Crippen LogP contribution in [0.25, 0.3) is 10.9 Å². The van der Waals surface area contributed by atoms with Crippen LogP contribution in [0.2, 0.25) is 5.15 Å². The first-order valence-corrected chi connectivity index (χ1v) is 11.4. The van der Waals surface area contributed by atoms with E-state index in [1.54, 1.807) is 20.3 Å². The zero-order valence-electron chi connectivity index (χ0n) is 16.7. The summed E-state index contributed by atoms with van der Waals surface area (Å²) in [7, 11) is -0.519. The summed E-state index contributed by atoms with van der Waals surface area (Å²) < 4.78 is 36.9. The summed E-state index contributed by atoms with van der Waals surface area (Å²) in [5.41, 5.74) is 2.53. The second-order valence-electron chi connectivity index (χ2n) is 6.90. The summed E-state index contributed by atoms with van der Waals surface area (Å²) in [5, 5.41) is 5.43. The Hall–Kier alpha value is -2.84. The number of para-hydroxylation sites is 2. The molecule has 9 heteroatoms. The van der Waals surface area contributed by atoms with Gasteiger partial charge in [0.05, 0.1) is 32.2 Å². The lowest BCUT2D eigenvalue weighted by molar-refractivity contribution is 0.374. The molecule has 156 valence electrons. The number of pyridine rings is 1. The van der Waals surface area contributed by atoms with E-state index >= 15 is 0 Å². The molecule has 1 aliphatic heterocycles. The fourth-order valence-electron chi connectivity index (χ4n) is 3.64. The minimum Gasteiger partial charge on any atom is -0.496 e. The Bertz CT molecular complexity index is 1260. The molecule has 0 saturated heterocycles. The van der Waals surface area contributed by atoms with Crippen molar-refractivity contribution in [1.29, 1.82) is 0 Å². The van der Waals surface area contributed by atoms with Gasteiger partial charge in [0, 0.05) is 22.9 Å². The predicted molar refractivity (Wildman–Crippen MR) is 117 cm³/mol. The highest BCUT2D eigenvalue weighted by molar-refractivity contribution is 7.88. The Morgan fingerprint density at radius 1 is 1.07 bits per heavy atom. The molecule has 3 aromatic rings. The molecule has 1 aromatic heterocycles. The molecule has 0 unspecified atom stereocenters. The second kappa shape index (κ2) is 7.77. The van der Waals surface area contributed by atoms with Gasteiger partial charge in [0.1, 0.15) is 22.2 Å². The molecule has 2 heterocycles. The number of sulfonamides is 1. The number of hydrogen-bond acceptors (Lipinski definition) is 6. The first-order chi connectivity index (χ1) is 14.3. The normalized spacial score (nSPS) is 16.6. The molecule has 0 saturated carbocycles.